The van der Waals surface area contributed by atoms with Gasteiger partial charge in [0.05, 0.1) is 18.6 Å². The second-order valence-corrected chi connectivity index (χ2v) is 4.28. The summed E-state index contributed by atoms with van der Waals surface area (Å²) in [6.45, 7) is 4.13. The van der Waals surface area contributed by atoms with Crippen molar-refractivity contribution < 1.29 is 9.53 Å². The monoisotopic (exact) mass is 239 g/mol. The van der Waals surface area contributed by atoms with E-state index in [0.717, 1.165) is 25.9 Å². The van der Waals surface area contributed by atoms with Crippen molar-refractivity contribution in [3.05, 3.63) is 0 Å². The van der Waals surface area contributed by atoms with Crippen LogP contribution in [-0.2, 0) is 9.53 Å². The summed E-state index contributed by atoms with van der Waals surface area (Å²) < 4.78 is 5.45. The molecule has 2 N–H and O–H groups in total. The van der Waals surface area contributed by atoms with Gasteiger partial charge in [-0.15, -0.1) is 0 Å². The van der Waals surface area contributed by atoms with Gasteiger partial charge in [-0.2, -0.15) is 5.26 Å². The van der Waals surface area contributed by atoms with Crippen molar-refractivity contribution in [2.75, 3.05) is 19.7 Å². The molecule has 0 aromatic heterocycles. The maximum Gasteiger partial charge on any atom is 0.222 e. The molecule has 5 heteroatoms. The number of nitriles is 1. The maximum absolute atomic E-state index is 11.4. The lowest BCUT2D eigenvalue weighted by atomic mass is 10.2. The molecule has 0 saturated carbocycles. The minimum absolute atomic E-state index is 0.0711. The van der Waals surface area contributed by atoms with E-state index in [1.165, 1.54) is 0 Å². The molecule has 1 fully saturated rings. The summed E-state index contributed by atoms with van der Waals surface area (Å²) in [5.74, 6) is -0.0711. The average molecular weight is 239 g/mol. The first-order chi connectivity index (χ1) is 8.26. The largest absolute Gasteiger partial charge is 0.377 e. The molecule has 1 aliphatic heterocycles. The van der Waals surface area contributed by atoms with Crippen molar-refractivity contribution in [2.45, 2.75) is 44.8 Å². The van der Waals surface area contributed by atoms with Crippen LogP contribution in [0.25, 0.3) is 0 Å². The number of hydrogen-bond acceptors (Lipinski definition) is 4. The first-order valence-corrected chi connectivity index (χ1v) is 6.27. The van der Waals surface area contributed by atoms with E-state index in [-0.39, 0.29) is 18.4 Å². The molecule has 2 atom stereocenters. The van der Waals surface area contributed by atoms with Gasteiger partial charge in [0.25, 0.3) is 0 Å². The topological polar surface area (TPSA) is 74.2 Å². The quantitative estimate of drug-likeness (QED) is 0.681. The number of rotatable bonds is 7. The van der Waals surface area contributed by atoms with E-state index in [9.17, 15) is 4.79 Å². The third kappa shape index (κ3) is 5.66. The summed E-state index contributed by atoms with van der Waals surface area (Å²) in [7, 11) is 0. The Hall–Kier alpha value is -1.12. The van der Waals surface area contributed by atoms with E-state index in [1.54, 1.807) is 0 Å². The van der Waals surface area contributed by atoms with Crippen molar-refractivity contribution >= 4 is 5.91 Å². The van der Waals surface area contributed by atoms with Gasteiger partial charge in [0, 0.05) is 19.7 Å². The summed E-state index contributed by atoms with van der Waals surface area (Å²) >= 11 is 0. The van der Waals surface area contributed by atoms with Crippen molar-refractivity contribution in [3.8, 4) is 6.07 Å². The van der Waals surface area contributed by atoms with E-state index >= 15 is 0 Å². The van der Waals surface area contributed by atoms with Gasteiger partial charge in [-0.1, -0.05) is 6.92 Å². The maximum atomic E-state index is 11.4. The van der Waals surface area contributed by atoms with Crippen molar-refractivity contribution in [2.24, 2.45) is 0 Å². The number of nitrogens with one attached hydrogen (secondary N) is 2. The molecule has 0 radical (unpaired) electrons. The zero-order chi connectivity index (χ0) is 12.5. The molecule has 1 aliphatic rings. The second kappa shape index (κ2) is 8.04. The Morgan fingerprint density at radius 2 is 2.47 bits per heavy atom. The molecular formula is C12H21N3O2. The molecule has 0 spiro atoms. The predicted molar refractivity (Wildman–Crippen MR) is 64.3 cm³/mol. The Bertz CT molecular complexity index is 269. The molecule has 5 nitrogen and oxygen atoms in total. The smallest absolute Gasteiger partial charge is 0.222 e. The molecule has 1 rings (SSSR count). The van der Waals surface area contributed by atoms with Crippen LogP contribution in [-0.4, -0.2) is 37.7 Å². The van der Waals surface area contributed by atoms with Gasteiger partial charge in [-0.05, 0) is 19.3 Å². The van der Waals surface area contributed by atoms with Gasteiger partial charge >= 0.3 is 0 Å². The molecule has 2 unspecified atom stereocenters. The normalized spacial score (nSPS) is 20.8. The molecule has 0 aliphatic carbocycles. The Labute approximate surface area is 103 Å². The van der Waals surface area contributed by atoms with Crippen molar-refractivity contribution in [1.82, 2.24) is 10.6 Å². The first-order valence-electron chi connectivity index (χ1n) is 6.27. The highest BCUT2D eigenvalue weighted by molar-refractivity contribution is 5.76. The number of hydrogen-bond donors (Lipinski definition) is 2. The summed E-state index contributed by atoms with van der Waals surface area (Å²) in [6.07, 6.45) is 3.44. The minimum Gasteiger partial charge on any atom is -0.377 e. The molecule has 1 amide bonds. The standard InChI is InChI=1S/C12H21N3O2/c1-2-5-14-12(16)7-10(8-13)15-9-11-4-3-6-17-11/h10-11,15H,2-7,9H2,1H3,(H,14,16). The van der Waals surface area contributed by atoms with Crippen LogP contribution >= 0.6 is 0 Å². The van der Waals surface area contributed by atoms with Crippen LogP contribution < -0.4 is 10.6 Å². The number of amides is 1. The molecule has 0 aromatic carbocycles. The third-order valence-electron chi connectivity index (χ3n) is 2.73. The first kappa shape index (κ1) is 13.9. The Morgan fingerprint density at radius 1 is 1.65 bits per heavy atom. The Morgan fingerprint density at radius 3 is 3.06 bits per heavy atom. The van der Waals surface area contributed by atoms with Crippen LogP contribution in [0, 0.1) is 11.3 Å². The molecule has 0 aromatic rings. The van der Waals surface area contributed by atoms with E-state index in [4.69, 9.17) is 10.00 Å². The Kier molecular flexibility index (Phi) is 6.60. The highest BCUT2D eigenvalue weighted by Crippen LogP contribution is 2.10. The van der Waals surface area contributed by atoms with E-state index in [0.29, 0.717) is 13.1 Å². The fourth-order valence-corrected chi connectivity index (χ4v) is 1.76. The zero-order valence-electron chi connectivity index (χ0n) is 10.4. The van der Waals surface area contributed by atoms with Gasteiger partial charge in [0.15, 0.2) is 0 Å². The summed E-state index contributed by atoms with van der Waals surface area (Å²) in [5.41, 5.74) is 0. The van der Waals surface area contributed by atoms with Gasteiger partial charge in [0.1, 0.15) is 6.04 Å². The fraction of sp³-hybridized carbons (Fsp3) is 0.833. The van der Waals surface area contributed by atoms with Crippen LogP contribution in [0.1, 0.15) is 32.6 Å². The molecule has 1 heterocycles. The van der Waals surface area contributed by atoms with Gasteiger partial charge < -0.3 is 10.1 Å². The summed E-state index contributed by atoms with van der Waals surface area (Å²) in [6, 6.07) is 1.69. The number of nitrogens with zero attached hydrogens (tertiary/aromatic N) is 1. The van der Waals surface area contributed by atoms with Crippen LogP contribution in [0.4, 0.5) is 0 Å². The highest BCUT2D eigenvalue weighted by Gasteiger charge is 2.18. The molecule has 0 bridgehead atoms. The molecule has 96 valence electrons. The summed E-state index contributed by atoms with van der Waals surface area (Å²) in [5, 5.41) is 14.8. The number of carbonyl (C=O) groups is 1. The lowest BCUT2D eigenvalue weighted by Crippen LogP contribution is -2.38. The lowest BCUT2D eigenvalue weighted by Gasteiger charge is -2.14. The van der Waals surface area contributed by atoms with Crippen LogP contribution in [0.15, 0.2) is 0 Å². The highest BCUT2D eigenvalue weighted by atomic mass is 16.5. The van der Waals surface area contributed by atoms with E-state index in [2.05, 4.69) is 16.7 Å². The zero-order valence-corrected chi connectivity index (χ0v) is 10.4. The minimum atomic E-state index is -0.420. The van der Waals surface area contributed by atoms with Gasteiger partial charge in [0.2, 0.25) is 5.91 Å². The molecular weight excluding hydrogens is 218 g/mol. The molecule has 1 saturated heterocycles. The molecule has 17 heavy (non-hydrogen) atoms. The van der Waals surface area contributed by atoms with Crippen LogP contribution in [0.2, 0.25) is 0 Å². The van der Waals surface area contributed by atoms with Crippen LogP contribution in [0.5, 0.6) is 0 Å². The van der Waals surface area contributed by atoms with Crippen molar-refractivity contribution in [1.29, 1.82) is 5.26 Å². The van der Waals surface area contributed by atoms with E-state index in [1.807, 2.05) is 6.92 Å². The SMILES string of the molecule is CCCNC(=O)CC(C#N)NCC1CCCO1. The van der Waals surface area contributed by atoms with Gasteiger partial charge in [-0.3, -0.25) is 10.1 Å². The summed E-state index contributed by atoms with van der Waals surface area (Å²) in [4.78, 5) is 11.4. The average Bonchev–Trinajstić information content (AvgIpc) is 2.84. The third-order valence-corrected chi connectivity index (χ3v) is 2.73. The van der Waals surface area contributed by atoms with Crippen molar-refractivity contribution in [3.63, 3.8) is 0 Å². The predicted octanol–water partition coefficient (Wildman–Crippen LogP) is 0.563. The van der Waals surface area contributed by atoms with Gasteiger partial charge in [-0.25, -0.2) is 0 Å². The lowest BCUT2D eigenvalue weighted by molar-refractivity contribution is -0.121. The fourth-order valence-electron chi connectivity index (χ4n) is 1.76. The van der Waals surface area contributed by atoms with Crippen LogP contribution in [0.3, 0.4) is 0 Å². The number of ether oxygens (including phenoxy) is 1. The second-order valence-electron chi connectivity index (χ2n) is 4.28. The van der Waals surface area contributed by atoms with E-state index < -0.39 is 6.04 Å². The Balaban J connectivity index is 2.18. The number of carbonyl (C=O) groups excluding carboxylic acids is 1.